The molecule has 2 aromatic rings. The third kappa shape index (κ3) is 2.07. The summed E-state index contributed by atoms with van der Waals surface area (Å²) >= 11 is 0. The molecule has 0 saturated carbocycles. The molecule has 2 heterocycles. The first-order chi connectivity index (χ1) is 9.15. The second-order valence-corrected chi connectivity index (χ2v) is 4.79. The van der Waals surface area contributed by atoms with Crippen molar-refractivity contribution in [1.82, 2.24) is 9.55 Å². The van der Waals surface area contributed by atoms with Gasteiger partial charge in [-0.25, -0.2) is 4.98 Å². The number of imidazole rings is 1. The van der Waals surface area contributed by atoms with Gasteiger partial charge in [0.05, 0.1) is 6.54 Å². The zero-order valence-corrected chi connectivity index (χ0v) is 10.8. The quantitative estimate of drug-likeness (QED) is 0.656. The molecular formula is C14H16N4O. The van der Waals surface area contributed by atoms with E-state index in [1.165, 1.54) is 0 Å². The molecule has 3 rings (SSSR count). The van der Waals surface area contributed by atoms with Crippen molar-refractivity contribution in [1.29, 1.82) is 0 Å². The molecule has 5 nitrogen and oxygen atoms in total. The highest BCUT2D eigenvalue weighted by atomic mass is 16.1. The molecule has 2 N–H and O–H groups in total. The Labute approximate surface area is 111 Å². The number of benzene rings is 1. The van der Waals surface area contributed by atoms with E-state index in [1.54, 1.807) is 13.0 Å². The number of ketones is 1. The largest absolute Gasteiger partial charge is 0.398 e. The highest BCUT2D eigenvalue weighted by Gasteiger charge is 2.18. The Kier molecular flexibility index (Phi) is 2.74. The van der Waals surface area contributed by atoms with E-state index in [1.807, 2.05) is 24.5 Å². The minimum Gasteiger partial charge on any atom is -0.398 e. The van der Waals surface area contributed by atoms with Crippen molar-refractivity contribution < 1.29 is 4.79 Å². The molecule has 0 amide bonds. The molecule has 1 aromatic carbocycles. The third-order valence-corrected chi connectivity index (χ3v) is 3.53. The van der Waals surface area contributed by atoms with Crippen LogP contribution >= 0.6 is 0 Å². The number of hydrogen-bond donors (Lipinski definition) is 1. The first-order valence-electron chi connectivity index (χ1n) is 6.30. The predicted octanol–water partition coefficient (Wildman–Crippen LogP) is 1.69. The van der Waals surface area contributed by atoms with Crippen molar-refractivity contribution in [3.8, 4) is 0 Å². The number of anilines is 2. The van der Waals surface area contributed by atoms with Crippen molar-refractivity contribution in [3.05, 3.63) is 42.0 Å². The average molecular weight is 256 g/mol. The van der Waals surface area contributed by atoms with Gasteiger partial charge in [0.25, 0.3) is 0 Å². The molecule has 98 valence electrons. The molecule has 0 bridgehead atoms. The lowest BCUT2D eigenvalue weighted by molar-refractivity contribution is 0.101. The average Bonchev–Trinajstić information content (AvgIpc) is 2.86. The smallest absolute Gasteiger partial charge is 0.161 e. The van der Waals surface area contributed by atoms with Gasteiger partial charge in [0.15, 0.2) is 5.78 Å². The Morgan fingerprint density at radius 1 is 1.37 bits per heavy atom. The number of nitrogens with two attached hydrogens (primary N) is 1. The highest BCUT2D eigenvalue weighted by molar-refractivity contribution is 6.00. The summed E-state index contributed by atoms with van der Waals surface area (Å²) in [7, 11) is 0. The summed E-state index contributed by atoms with van der Waals surface area (Å²) in [4.78, 5) is 18.1. The predicted molar refractivity (Wildman–Crippen MR) is 74.1 cm³/mol. The lowest BCUT2D eigenvalue weighted by Gasteiger charge is -2.30. The Balaban J connectivity index is 1.92. The molecule has 0 spiro atoms. The molecular weight excluding hydrogens is 240 g/mol. The minimum absolute atomic E-state index is 0.00198. The Morgan fingerprint density at radius 2 is 2.21 bits per heavy atom. The first kappa shape index (κ1) is 11.8. The Morgan fingerprint density at radius 3 is 3.00 bits per heavy atom. The molecule has 1 aliphatic heterocycles. The van der Waals surface area contributed by atoms with Crippen LogP contribution in [0.1, 0.15) is 23.1 Å². The van der Waals surface area contributed by atoms with E-state index < -0.39 is 0 Å². The van der Waals surface area contributed by atoms with Gasteiger partial charge in [0.1, 0.15) is 5.82 Å². The monoisotopic (exact) mass is 256 g/mol. The molecule has 0 radical (unpaired) electrons. The van der Waals surface area contributed by atoms with Crippen LogP contribution in [0.4, 0.5) is 11.4 Å². The molecule has 0 atom stereocenters. The lowest BCUT2D eigenvalue weighted by Crippen LogP contribution is -2.33. The van der Waals surface area contributed by atoms with Gasteiger partial charge in [0, 0.05) is 42.4 Å². The molecule has 1 aromatic heterocycles. The second kappa shape index (κ2) is 4.42. The number of nitrogen functional groups attached to an aromatic ring is 1. The van der Waals surface area contributed by atoms with E-state index in [2.05, 4.69) is 14.5 Å². The first-order valence-corrected chi connectivity index (χ1v) is 6.30. The zero-order valence-electron chi connectivity index (χ0n) is 10.8. The fourth-order valence-electron chi connectivity index (χ4n) is 2.44. The summed E-state index contributed by atoms with van der Waals surface area (Å²) in [5.74, 6) is 1.05. The van der Waals surface area contributed by atoms with Crippen LogP contribution in [-0.4, -0.2) is 21.9 Å². The summed E-state index contributed by atoms with van der Waals surface area (Å²) < 4.78 is 2.15. The maximum atomic E-state index is 11.5. The SMILES string of the molecule is CC(=O)c1cc(N2CCn3ccnc3C2)ccc1N. The summed E-state index contributed by atoms with van der Waals surface area (Å²) in [5.41, 5.74) is 7.97. The molecule has 0 saturated heterocycles. The number of fused-ring (bicyclic) bond motifs is 1. The van der Waals surface area contributed by atoms with E-state index in [-0.39, 0.29) is 5.78 Å². The molecule has 0 unspecified atom stereocenters. The van der Waals surface area contributed by atoms with Gasteiger partial charge in [-0.1, -0.05) is 0 Å². The molecule has 0 aliphatic carbocycles. The van der Waals surface area contributed by atoms with Crippen LogP contribution in [0.5, 0.6) is 0 Å². The van der Waals surface area contributed by atoms with Gasteiger partial charge in [-0.05, 0) is 25.1 Å². The van der Waals surface area contributed by atoms with Gasteiger partial charge in [-0.3, -0.25) is 4.79 Å². The summed E-state index contributed by atoms with van der Waals surface area (Å²) in [6.07, 6.45) is 3.82. The molecule has 0 fully saturated rings. The number of carbonyl (C=O) groups excluding carboxylic acids is 1. The topological polar surface area (TPSA) is 64.2 Å². The normalized spacial score (nSPS) is 14.3. The van der Waals surface area contributed by atoms with Gasteiger partial charge < -0.3 is 15.2 Å². The van der Waals surface area contributed by atoms with Crippen LogP contribution in [0.25, 0.3) is 0 Å². The maximum absolute atomic E-state index is 11.5. The minimum atomic E-state index is -0.00198. The van der Waals surface area contributed by atoms with E-state index in [4.69, 9.17) is 5.73 Å². The third-order valence-electron chi connectivity index (χ3n) is 3.53. The van der Waals surface area contributed by atoms with Crippen LogP contribution in [0, 0.1) is 0 Å². The standard InChI is InChI=1S/C14H16N4O/c1-10(19)12-8-11(2-3-13(12)15)18-7-6-17-5-4-16-14(17)9-18/h2-5,8H,6-7,9,15H2,1H3. The fourth-order valence-corrected chi connectivity index (χ4v) is 2.44. The van der Waals surface area contributed by atoms with Crippen molar-refractivity contribution in [2.75, 3.05) is 17.2 Å². The number of hydrogen-bond acceptors (Lipinski definition) is 4. The number of nitrogens with zero attached hydrogens (tertiary/aromatic N) is 3. The molecule has 1 aliphatic rings. The van der Waals surface area contributed by atoms with Crippen LogP contribution in [0.15, 0.2) is 30.6 Å². The number of carbonyl (C=O) groups is 1. The van der Waals surface area contributed by atoms with Crippen LogP contribution in [-0.2, 0) is 13.1 Å². The van der Waals surface area contributed by atoms with Crippen LogP contribution in [0.2, 0.25) is 0 Å². The van der Waals surface area contributed by atoms with Gasteiger partial charge in [-0.15, -0.1) is 0 Å². The molecule has 19 heavy (non-hydrogen) atoms. The van der Waals surface area contributed by atoms with E-state index in [0.717, 1.165) is 31.1 Å². The number of rotatable bonds is 2. The van der Waals surface area contributed by atoms with Crippen molar-refractivity contribution in [2.45, 2.75) is 20.0 Å². The van der Waals surface area contributed by atoms with E-state index in [0.29, 0.717) is 11.3 Å². The summed E-state index contributed by atoms with van der Waals surface area (Å²) in [6, 6.07) is 5.63. The molecule has 5 heteroatoms. The van der Waals surface area contributed by atoms with Gasteiger partial charge in [0.2, 0.25) is 0 Å². The van der Waals surface area contributed by atoms with E-state index >= 15 is 0 Å². The van der Waals surface area contributed by atoms with Gasteiger partial charge >= 0.3 is 0 Å². The second-order valence-electron chi connectivity index (χ2n) is 4.79. The van der Waals surface area contributed by atoms with Crippen molar-refractivity contribution in [3.63, 3.8) is 0 Å². The highest BCUT2D eigenvalue weighted by Crippen LogP contribution is 2.24. The van der Waals surface area contributed by atoms with Crippen molar-refractivity contribution >= 4 is 17.2 Å². The summed E-state index contributed by atoms with van der Waals surface area (Å²) in [6.45, 7) is 4.12. The van der Waals surface area contributed by atoms with E-state index in [9.17, 15) is 4.79 Å². The maximum Gasteiger partial charge on any atom is 0.161 e. The Hall–Kier alpha value is -2.30. The van der Waals surface area contributed by atoms with Crippen LogP contribution in [0.3, 0.4) is 0 Å². The summed E-state index contributed by atoms with van der Waals surface area (Å²) in [5, 5.41) is 0. The lowest BCUT2D eigenvalue weighted by atomic mass is 10.1. The zero-order chi connectivity index (χ0) is 13.4. The van der Waals surface area contributed by atoms with Crippen LogP contribution < -0.4 is 10.6 Å². The fraction of sp³-hybridized carbons (Fsp3) is 0.286. The van der Waals surface area contributed by atoms with Crippen molar-refractivity contribution in [2.24, 2.45) is 0 Å². The number of Topliss-reactive ketones (excluding diaryl/α,β-unsaturated/α-hetero) is 1. The Bertz CT molecular complexity index is 632. The van der Waals surface area contributed by atoms with Gasteiger partial charge in [-0.2, -0.15) is 0 Å². The number of aromatic nitrogens is 2.